The van der Waals surface area contributed by atoms with Crippen LogP contribution in [0.4, 0.5) is 0 Å². The number of hydrogen-bond donors (Lipinski definition) is 0. The maximum absolute atomic E-state index is 12.8. The van der Waals surface area contributed by atoms with E-state index in [2.05, 4.69) is 41.5 Å². The largest absolute Gasteiger partial charge is 0.462 e. The Labute approximate surface area is 387 Å². The summed E-state index contributed by atoms with van der Waals surface area (Å²) in [5, 5.41) is 0. The molecule has 0 radical (unpaired) electrons. The Kier molecular flexibility index (Phi) is 46.2. The van der Waals surface area contributed by atoms with Gasteiger partial charge in [-0.2, -0.15) is 0 Å². The summed E-state index contributed by atoms with van der Waals surface area (Å²) in [5.74, 6) is 1.68. The minimum Gasteiger partial charge on any atom is -0.462 e. The SMILES string of the molecule is CCC(C)CCCCCCCCCCCCCCCCCCCCC(=O)OC[C@H](COC(=O)CCCCCCCCC(C)CC)OC(=O)CCCCCCCCCCCC(C)C. The van der Waals surface area contributed by atoms with Gasteiger partial charge in [-0.1, -0.05) is 266 Å². The molecular weight excluding hydrogens is 769 g/mol. The second-order valence-corrected chi connectivity index (χ2v) is 20.2. The van der Waals surface area contributed by atoms with Gasteiger partial charge in [-0.3, -0.25) is 14.4 Å². The molecule has 0 aliphatic carbocycles. The highest BCUT2D eigenvalue weighted by Gasteiger charge is 2.19. The number of hydrogen-bond acceptors (Lipinski definition) is 6. The number of ether oxygens (including phenoxy) is 3. The summed E-state index contributed by atoms with van der Waals surface area (Å²) in [5.41, 5.74) is 0. The van der Waals surface area contributed by atoms with Gasteiger partial charge in [0.05, 0.1) is 0 Å². The van der Waals surface area contributed by atoms with Crippen LogP contribution in [0.3, 0.4) is 0 Å². The van der Waals surface area contributed by atoms with E-state index in [0.29, 0.717) is 19.3 Å². The van der Waals surface area contributed by atoms with Crippen molar-refractivity contribution >= 4 is 17.9 Å². The van der Waals surface area contributed by atoms with Crippen molar-refractivity contribution < 1.29 is 28.6 Å². The van der Waals surface area contributed by atoms with Crippen LogP contribution in [0.1, 0.15) is 305 Å². The quantitative estimate of drug-likeness (QED) is 0.0344. The number of esters is 3. The minimum absolute atomic E-state index is 0.0651. The molecule has 6 nitrogen and oxygen atoms in total. The molecule has 0 amide bonds. The number of carbonyl (C=O) groups excluding carboxylic acids is 3. The zero-order valence-electron chi connectivity index (χ0n) is 42.7. The molecule has 0 fully saturated rings. The van der Waals surface area contributed by atoms with Gasteiger partial charge in [0.2, 0.25) is 0 Å². The van der Waals surface area contributed by atoms with E-state index in [1.165, 1.54) is 186 Å². The standard InChI is InChI=1S/C56H108O6/c1-7-51(5)43-37-31-25-21-17-15-13-11-9-10-12-14-16-18-22-26-33-39-45-54(57)60-48-53(49-61-55(58)46-40-34-29-28-32-38-44-52(6)8-2)62-56(59)47-41-35-27-23-19-20-24-30-36-42-50(3)4/h50-53H,7-49H2,1-6H3/t51?,52?,53-/m1/s1. The molecule has 0 spiro atoms. The zero-order valence-corrected chi connectivity index (χ0v) is 42.7. The zero-order chi connectivity index (χ0) is 45.6. The first-order chi connectivity index (χ1) is 30.2. The summed E-state index contributed by atoms with van der Waals surface area (Å²) in [4.78, 5) is 38.0. The lowest BCUT2D eigenvalue weighted by Gasteiger charge is -2.18. The van der Waals surface area contributed by atoms with Gasteiger partial charge in [0.25, 0.3) is 0 Å². The van der Waals surface area contributed by atoms with E-state index >= 15 is 0 Å². The molecule has 0 aliphatic rings. The van der Waals surface area contributed by atoms with Crippen LogP contribution in [0, 0.1) is 17.8 Å². The van der Waals surface area contributed by atoms with Crippen molar-refractivity contribution in [2.75, 3.05) is 13.2 Å². The van der Waals surface area contributed by atoms with E-state index in [-0.39, 0.29) is 31.1 Å². The molecule has 368 valence electrons. The monoisotopic (exact) mass is 877 g/mol. The fourth-order valence-electron chi connectivity index (χ4n) is 8.40. The van der Waals surface area contributed by atoms with Gasteiger partial charge >= 0.3 is 17.9 Å². The van der Waals surface area contributed by atoms with Crippen LogP contribution in [-0.2, 0) is 28.6 Å². The summed E-state index contributed by atoms with van der Waals surface area (Å²) in [6.45, 7) is 13.7. The molecule has 0 bridgehead atoms. The lowest BCUT2D eigenvalue weighted by molar-refractivity contribution is -0.167. The number of carbonyl (C=O) groups is 3. The maximum atomic E-state index is 12.8. The summed E-state index contributed by atoms with van der Waals surface area (Å²) < 4.78 is 16.8. The van der Waals surface area contributed by atoms with E-state index in [9.17, 15) is 14.4 Å². The Balaban J connectivity index is 4.19. The topological polar surface area (TPSA) is 78.9 Å². The summed E-state index contributed by atoms with van der Waals surface area (Å²) in [6, 6.07) is 0. The van der Waals surface area contributed by atoms with Crippen LogP contribution in [0.25, 0.3) is 0 Å². The Hall–Kier alpha value is -1.59. The summed E-state index contributed by atoms with van der Waals surface area (Å²) in [6.07, 6.45) is 48.1. The van der Waals surface area contributed by atoms with Crippen LogP contribution in [0.5, 0.6) is 0 Å². The van der Waals surface area contributed by atoms with Crippen molar-refractivity contribution in [1.29, 1.82) is 0 Å². The van der Waals surface area contributed by atoms with Crippen LogP contribution in [-0.4, -0.2) is 37.2 Å². The van der Waals surface area contributed by atoms with E-state index in [1.807, 2.05) is 0 Å². The molecule has 3 atom stereocenters. The molecule has 0 N–H and O–H groups in total. The van der Waals surface area contributed by atoms with E-state index in [4.69, 9.17) is 14.2 Å². The highest BCUT2D eigenvalue weighted by atomic mass is 16.6. The maximum Gasteiger partial charge on any atom is 0.306 e. The lowest BCUT2D eigenvalue weighted by Crippen LogP contribution is -2.30. The van der Waals surface area contributed by atoms with Crippen LogP contribution in [0.2, 0.25) is 0 Å². The molecule has 0 heterocycles. The van der Waals surface area contributed by atoms with Crippen LogP contribution in [0.15, 0.2) is 0 Å². The molecule has 0 saturated heterocycles. The van der Waals surface area contributed by atoms with Crippen molar-refractivity contribution in [3.8, 4) is 0 Å². The highest BCUT2D eigenvalue weighted by Crippen LogP contribution is 2.19. The Morgan fingerprint density at radius 1 is 0.323 bits per heavy atom. The lowest BCUT2D eigenvalue weighted by atomic mass is 9.99. The normalized spacial score (nSPS) is 13.0. The van der Waals surface area contributed by atoms with Crippen molar-refractivity contribution in [1.82, 2.24) is 0 Å². The Bertz CT molecular complexity index is 964. The molecule has 62 heavy (non-hydrogen) atoms. The molecule has 0 aromatic heterocycles. The average Bonchev–Trinajstić information content (AvgIpc) is 3.26. The fraction of sp³-hybridized carbons (Fsp3) is 0.946. The predicted octanol–water partition coefficient (Wildman–Crippen LogP) is 17.9. The second-order valence-electron chi connectivity index (χ2n) is 20.2. The van der Waals surface area contributed by atoms with Gasteiger partial charge in [-0.25, -0.2) is 0 Å². The van der Waals surface area contributed by atoms with E-state index in [0.717, 1.165) is 75.5 Å². The molecule has 2 unspecified atom stereocenters. The molecular formula is C56H108O6. The molecule has 0 aromatic carbocycles. The fourth-order valence-corrected chi connectivity index (χ4v) is 8.40. The van der Waals surface area contributed by atoms with Crippen LogP contribution >= 0.6 is 0 Å². The second kappa shape index (κ2) is 47.4. The van der Waals surface area contributed by atoms with Gasteiger partial charge in [0, 0.05) is 19.3 Å². The van der Waals surface area contributed by atoms with Crippen molar-refractivity contribution in [3.05, 3.63) is 0 Å². The predicted molar refractivity (Wildman–Crippen MR) is 266 cm³/mol. The molecule has 0 saturated carbocycles. The van der Waals surface area contributed by atoms with Gasteiger partial charge < -0.3 is 14.2 Å². The summed E-state index contributed by atoms with van der Waals surface area (Å²) in [7, 11) is 0. The third-order valence-electron chi connectivity index (χ3n) is 13.4. The Morgan fingerprint density at radius 3 is 0.839 bits per heavy atom. The molecule has 6 heteroatoms. The number of unbranched alkanes of at least 4 members (excludes halogenated alkanes) is 30. The number of rotatable bonds is 49. The van der Waals surface area contributed by atoms with E-state index < -0.39 is 6.10 Å². The smallest absolute Gasteiger partial charge is 0.306 e. The van der Waals surface area contributed by atoms with Gasteiger partial charge in [-0.05, 0) is 37.0 Å². The minimum atomic E-state index is -0.763. The molecule has 0 rings (SSSR count). The first-order valence-corrected chi connectivity index (χ1v) is 27.7. The first-order valence-electron chi connectivity index (χ1n) is 27.7. The highest BCUT2D eigenvalue weighted by molar-refractivity contribution is 5.71. The van der Waals surface area contributed by atoms with Gasteiger partial charge in [0.1, 0.15) is 13.2 Å². The van der Waals surface area contributed by atoms with E-state index in [1.54, 1.807) is 0 Å². The van der Waals surface area contributed by atoms with Gasteiger partial charge in [0.15, 0.2) is 6.10 Å². The van der Waals surface area contributed by atoms with Crippen molar-refractivity contribution in [3.63, 3.8) is 0 Å². The van der Waals surface area contributed by atoms with Crippen LogP contribution < -0.4 is 0 Å². The van der Waals surface area contributed by atoms with Crippen molar-refractivity contribution in [2.24, 2.45) is 17.8 Å². The summed E-state index contributed by atoms with van der Waals surface area (Å²) >= 11 is 0. The van der Waals surface area contributed by atoms with Gasteiger partial charge in [-0.15, -0.1) is 0 Å². The Morgan fingerprint density at radius 2 is 0.565 bits per heavy atom. The average molecular weight is 877 g/mol. The molecule has 0 aliphatic heterocycles. The molecule has 0 aromatic rings. The van der Waals surface area contributed by atoms with Crippen molar-refractivity contribution in [2.45, 2.75) is 311 Å². The third-order valence-corrected chi connectivity index (χ3v) is 13.4. The third kappa shape index (κ3) is 46.4. The first kappa shape index (κ1) is 60.4.